The van der Waals surface area contributed by atoms with Crippen molar-refractivity contribution in [2.75, 3.05) is 0 Å². The van der Waals surface area contributed by atoms with Gasteiger partial charge in [-0.25, -0.2) is 0 Å². The van der Waals surface area contributed by atoms with Crippen molar-refractivity contribution in [2.45, 2.75) is 26.6 Å². The van der Waals surface area contributed by atoms with Gasteiger partial charge < -0.3 is 9.47 Å². The molecule has 1 fully saturated rings. The maximum Gasteiger partial charge on any atom is 0.426 e. The topological polar surface area (TPSA) is 35.5 Å². The highest BCUT2D eigenvalue weighted by Gasteiger charge is 2.62. The largest absolute Gasteiger partial charge is 0.461 e. The highest BCUT2D eigenvalue weighted by Crippen LogP contribution is 2.60. The second-order valence-electron chi connectivity index (χ2n) is 7.51. The summed E-state index contributed by atoms with van der Waals surface area (Å²) < 4.78 is 49.0. The molecule has 0 spiro atoms. The Bertz CT molecular complexity index is 907. The summed E-state index contributed by atoms with van der Waals surface area (Å²) in [4.78, 5) is 12.4. The number of carbonyl (C=O) groups is 1. The van der Waals surface area contributed by atoms with E-state index in [1.807, 2.05) is 30.3 Å². The first kappa shape index (κ1) is 21.2. The standard InChI is InChI=1S/C22H20ClF3O3/c1-21(2)17(12-18(23)22(24,25)26)19(21)20(27)28-13-14-7-6-10-16(11-14)29-15-8-4-3-5-9-15/h3-12,17,19H,13H2,1-2H3/t17-,19+/m0/s1. The quantitative estimate of drug-likeness (QED) is 0.498. The van der Waals surface area contributed by atoms with Crippen LogP contribution in [0, 0.1) is 17.3 Å². The number of benzene rings is 2. The van der Waals surface area contributed by atoms with E-state index in [0.717, 1.165) is 6.08 Å². The first-order valence-corrected chi connectivity index (χ1v) is 9.40. The van der Waals surface area contributed by atoms with Crippen molar-refractivity contribution in [2.24, 2.45) is 17.3 Å². The molecule has 7 heteroatoms. The van der Waals surface area contributed by atoms with E-state index in [0.29, 0.717) is 17.1 Å². The first-order chi connectivity index (χ1) is 13.6. The van der Waals surface area contributed by atoms with Gasteiger partial charge >= 0.3 is 12.1 Å². The normalized spacial score (nSPS) is 20.8. The van der Waals surface area contributed by atoms with Gasteiger partial charge in [0.05, 0.1) is 5.92 Å². The fraction of sp³-hybridized carbons (Fsp3) is 0.318. The van der Waals surface area contributed by atoms with Crippen LogP contribution in [-0.2, 0) is 16.1 Å². The number of carbonyl (C=O) groups excluding carboxylic acids is 1. The van der Waals surface area contributed by atoms with E-state index in [1.54, 1.807) is 38.1 Å². The number of ether oxygens (including phenoxy) is 2. The predicted octanol–water partition coefficient (Wildman–Crippen LogP) is 6.48. The summed E-state index contributed by atoms with van der Waals surface area (Å²) in [5.41, 5.74) is 0.0754. The molecule has 0 unspecified atom stereocenters. The molecular weight excluding hydrogens is 405 g/mol. The van der Waals surface area contributed by atoms with Crippen molar-refractivity contribution < 1.29 is 27.4 Å². The van der Waals surface area contributed by atoms with Crippen molar-refractivity contribution >= 4 is 17.6 Å². The summed E-state index contributed by atoms with van der Waals surface area (Å²) in [6.07, 6.45) is -3.71. The second-order valence-corrected chi connectivity index (χ2v) is 7.91. The molecule has 29 heavy (non-hydrogen) atoms. The van der Waals surface area contributed by atoms with Gasteiger partial charge in [0.25, 0.3) is 0 Å². The van der Waals surface area contributed by atoms with Gasteiger partial charge in [0, 0.05) is 0 Å². The molecule has 1 saturated carbocycles. The first-order valence-electron chi connectivity index (χ1n) is 9.02. The fourth-order valence-electron chi connectivity index (χ4n) is 3.26. The highest BCUT2D eigenvalue weighted by molar-refractivity contribution is 6.30. The zero-order chi connectivity index (χ0) is 21.2. The van der Waals surface area contributed by atoms with Crippen LogP contribution in [0.2, 0.25) is 0 Å². The van der Waals surface area contributed by atoms with Gasteiger partial charge in [-0.1, -0.05) is 61.9 Å². The molecule has 0 saturated heterocycles. The van der Waals surface area contributed by atoms with Crippen LogP contribution in [0.15, 0.2) is 65.7 Å². The summed E-state index contributed by atoms with van der Waals surface area (Å²) in [6.45, 7) is 3.44. The zero-order valence-electron chi connectivity index (χ0n) is 15.9. The summed E-state index contributed by atoms with van der Waals surface area (Å²) in [5.74, 6) is -0.552. The van der Waals surface area contributed by atoms with E-state index in [4.69, 9.17) is 21.1 Å². The van der Waals surface area contributed by atoms with Crippen molar-refractivity contribution in [1.82, 2.24) is 0 Å². The van der Waals surface area contributed by atoms with Crippen LogP contribution in [0.1, 0.15) is 19.4 Å². The molecule has 0 aromatic heterocycles. The Labute approximate surface area is 172 Å². The van der Waals surface area contributed by atoms with Crippen molar-refractivity contribution in [3.05, 3.63) is 71.3 Å². The number of rotatable bonds is 6. The van der Waals surface area contributed by atoms with Crippen molar-refractivity contribution in [3.63, 3.8) is 0 Å². The molecule has 154 valence electrons. The lowest BCUT2D eigenvalue weighted by Crippen LogP contribution is -2.11. The molecule has 2 aromatic carbocycles. The molecule has 0 heterocycles. The van der Waals surface area contributed by atoms with E-state index in [2.05, 4.69) is 0 Å². The lowest BCUT2D eigenvalue weighted by atomic mass is 10.1. The summed E-state index contributed by atoms with van der Waals surface area (Å²) in [6, 6.07) is 16.3. The third-order valence-corrected chi connectivity index (χ3v) is 5.36. The van der Waals surface area contributed by atoms with Gasteiger partial charge in [-0.2, -0.15) is 13.2 Å². The number of alkyl halides is 3. The molecule has 1 aliphatic rings. The number of para-hydroxylation sites is 1. The lowest BCUT2D eigenvalue weighted by Gasteiger charge is -2.09. The average molecular weight is 425 g/mol. The van der Waals surface area contributed by atoms with E-state index in [-0.39, 0.29) is 6.61 Å². The third-order valence-electron chi connectivity index (χ3n) is 5.02. The Morgan fingerprint density at radius 3 is 2.41 bits per heavy atom. The highest BCUT2D eigenvalue weighted by atomic mass is 35.5. The van der Waals surface area contributed by atoms with Crippen molar-refractivity contribution in [3.8, 4) is 11.5 Å². The zero-order valence-corrected chi connectivity index (χ0v) is 16.6. The van der Waals surface area contributed by atoms with Crippen LogP contribution >= 0.6 is 11.6 Å². The minimum atomic E-state index is -4.62. The molecule has 0 bridgehead atoms. The minimum Gasteiger partial charge on any atom is -0.461 e. The molecule has 1 aliphatic carbocycles. The lowest BCUT2D eigenvalue weighted by molar-refractivity contribution is -0.147. The van der Waals surface area contributed by atoms with Crippen LogP contribution in [0.3, 0.4) is 0 Å². The van der Waals surface area contributed by atoms with Gasteiger partial charge in [-0.3, -0.25) is 4.79 Å². The van der Waals surface area contributed by atoms with E-state index >= 15 is 0 Å². The third kappa shape index (κ3) is 5.12. The van der Waals surface area contributed by atoms with Gasteiger partial charge in [-0.05, 0) is 41.2 Å². The van der Waals surface area contributed by atoms with Gasteiger partial charge in [0.1, 0.15) is 23.1 Å². The SMILES string of the molecule is CC1(C)[C@@H](C=C(Cl)C(F)(F)F)[C@@H]1C(=O)OCc1cccc(Oc2ccccc2)c1. The molecule has 2 atom stereocenters. The minimum absolute atomic E-state index is 0.000834. The number of halogens is 4. The van der Waals surface area contributed by atoms with Crippen molar-refractivity contribution in [1.29, 1.82) is 0 Å². The molecular formula is C22H20ClF3O3. The second kappa shape index (κ2) is 8.11. The maximum atomic E-state index is 12.7. The summed E-state index contributed by atoms with van der Waals surface area (Å²) >= 11 is 5.32. The molecule has 0 amide bonds. The Morgan fingerprint density at radius 1 is 1.10 bits per heavy atom. The van der Waals surface area contributed by atoms with E-state index < -0.39 is 34.4 Å². The van der Waals surface area contributed by atoms with Crippen LogP contribution in [0.5, 0.6) is 11.5 Å². The van der Waals surface area contributed by atoms with E-state index in [1.165, 1.54) is 0 Å². The molecule has 0 aliphatic heterocycles. The van der Waals surface area contributed by atoms with Crippen LogP contribution in [0.25, 0.3) is 0 Å². The van der Waals surface area contributed by atoms with Gasteiger partial charge in [0.2, 0.25) is 0 Å². The Morgan fingerprint density at radius 2 is 1.76 bits per heavy atom. The van der Waals surface area contributed by atoms with Crippen LogP contribution < -0.4 is 4.74 Å². The number of hydrogen-bond donors (Lipinski definition) is 0. The molecule has 0 radical (unpaired) electrons. The monoisotopic (exact) mass is 424 g/mol. The fourth-order valence-corrected chi connectivity index (χ4v) is 3.39. The molecule has 3 rings (SSSR count). The van der Waals surface area contributed by atoms with E-state index in [9.17, 15) is 18.0 Å². The summed E-state index contributed by atoms with van der Waals surface area (Å²) in [7, 11) is 0. The number of allylic oxidation sites excluding steroid dienone is 2. The maximum absolute atomic E-state index is 12.7. The molecule has 2 aromatic rings. The number of esters is 1. The summed E-state index contributed by atoms with van der Waals surface area (Å²) in [5, 5.41) is -1.21. The molecule has 3 nitrogen and oxygen atoms in total. The number of hydrogen-bond acceptors (Lipinski definition) is 3. The van der Waals surface area contributed by atoms with Gasteiger partial charge in [-0.15, -0.1) is 0 Å². The Balaban J connectivity index is 1.60. The molecule has 0 N–H and O–H groups in total. The van der Waals surface area contributed by atoms with Crippen LogP contribution in [0.4, 0.5) is 13.2 Å². The average Bonchev–Trinajstić information content (AvgIpc) is 3.20. The Hall–Kier alpha value is -2.47. The Kier molecular flexibility index (Phi) is 5.94. The van der Waals surface area contributed by atoms with Gasteiger partial charge in [0.15, 0.2) is 0 Å². The predicted molar refractivity (Wildman–Crippen MR) is 104 cm³/mol. The smallest absolute Gasteiger partial charge is 0.426 e. The van der Waals surface area contributed by atoms with Crippen LogP contribution in [-0.4, -0.2) is 12.1 Å².